The third-order valence-corrected chi connectivity index (χ3v) is 3.90. The molecular formula is C12H7BrFNO3S. The number of amides is 1. The monoisotopic (exact) mass is 343 g/mol. The second kappa shape index (κ2) is 5.50. The average Bonchev–Trinajstić information content (AvgIpc) is 2.75. The second-order valence-corrected chi connectivity index (χ2v) is 5.99. The molecule has 2 rings (SSSR count). The molecule has 4 nitrogen and oxygen atoms in total. The smallest absolute Gasteiger partial charge is 0.340 e. The van der Waals surface area contributed by atoms with Crippen molar-refractivity contribution in [2.75, 3.05) is 5.32 Å². The number of benzene rings is 1. The van der Waals surface area contributed by atoms with Crippen molar-refractivity contribution in [3.63, 3.8) is 0 Å². The Balaban J connectivity index is 2.31. The summed E-state index contributed by atoms with van der Waals surface area (Å²) in [5, 5.41) is 11.3. The Labute approximate surface area is 120 Å². The third kappa shape index (κ3) is 2.99. The molecule has 2 aromatic rings. The molecule has 0 aliphatic heterocycles. The van der Waals surface area contributed by atoms with E-state index in [1.165, 1.54) is 23.5 Å². The number of rotatable bonds is 3. The van der Waals surface area contributed by atoms with Gasteiger partial charge >= 0.3 is 5.97 Å². The van der Waals surface area contributed by atoms with Crippen LogP contribution in [0.3, 0.4) is 0 Å². The number of nitrogens with one attached hydrogen (secondary N) is 1. The highest BCUT2D eigenvalue weighted by molar-refractivity contribution is 9.11. The molecule has 1 amide bonds. The van der Waals surface area contributed by atoms with Crippen molar-refractivity contribution >= 4 is 44.8 Å². The van der Waals surface area contributed by atoms with Crippen molar-refractivity contribution in [1.82, 2.24) is 0 Å². The van der Waals surface area contributed by atoms with Gasteiger partial charge in [0.05, 0.1) is 14.4 Å². The van der Waals surface area contributed by atoms with Gasteiger partial charge in [-0.15, -0.1) is 11.3 Å². The summed E-state index contributed by atoms with van der Waals surface area (Å²) in [5.41, 5.74) is -0.617. The van der Waals surface area contributed by atoms with E-state index >= 15 is 0 Å². The van der Waals surface area contributed by atoms with E-state index in [2.05, 4.69) is 21.2 Å². The Morgan fingerprint density at radius 3 is 2.58 bits per heavy atom. The Morgan fingerprint density at radius 1 is 1.26 bits per heavy atom. The highest BCUT2D eigenvalue weighted by Crippen LogP contribution is 2.24. The molecule has 98 valence electrons. The minimum absolute atomic E-state index is 0.0676. The topological polar surface area (TPSA) is 66.4 Å². The number of carboxylic acid groups (broad SMARTS) is 1. The van der Waals surface area contributed by atoms with E-state index in [4.69, 9.17) is 5.11 Å². The van der Waals surface area contributed by atoms with Gasteiger partial charge in [0.25, 0.3) is 5.91 Å². The Kier molecular flexibility index (Phi) is 3.96. The maximum absolute atomic E-state index is 13.4. The van der Waals surface area contributed by atoms with Crippen molar-refractivity contribution < 1.29 is 19.1 Å². The van der Waals surface area contributed by atoms with Crippen LogP contribution >= 0.6 is 27.3 Å². The molecule has 0 bridgehead atoms. The van der Waals surface area contributed by atoms with Gasteiger partial charge in [0.1, 0.15) is 11.4 Å². The van der Waals surface area contributed by atoms with Crippen LogP contribution < -0.4 is 5.32 Å². The zero-order chi connectivity index (χ0) is 14.0. The number of hydrogen-bond acceptors (Lipinski definition) is 3. The number of carbonyl (C=O) groups excluding carboxylic acids is 1. The summed E-state index contributed by atoms with van der Waals surface area (Å²) in [6.45, 7) is 0. The summed E-state index contributed by atoms with van der Waals surface area (Å²) >= 11 is 4.42. The Bertz CT molecular complexity index is 656. The van der Waals surface area contributed by atoms with Crippen molar-refractivity contribution in [3.05, 3.63) is 50.4 Å². The van der Waals surface area contributed by atoms with Gasteiger partial charge in [0, 0.05) is 0 Å². The van der Waals surface area contributed by atoms with Gasteiger partial charge in [-0.25, -0.2) is 9.18 Å². The number of thiophene rings is 1. The van der Waals surface area contributed by atoms with Crippen LogP contribution in [-0.4, -0.2) is 17.0 Å². The lowest BCUT2D eigenvalue weighted by Crippen LogP contribution is -2.14. The van der Waals surface area contributed by atoms with Crippen LogP contribution in [0.4, 0.5) is 10.1 Å². The highest BCUT2D eigenvalue weighted by atomic mass is 79.9. The van der Waals surface area contributed by atoms with E-state index < -0.39 is 23.3 Å². The van der Waals surface area contributed by atoms with E-state index in [9.17, 15) is 14.0 Å². The van der Waals surface area contributed by atoms with Gasteiger partial charge < -0.3 is 10.4 Å². The summed E-state index contributed by atoms with van der Waals surface area (Å²) in [6, 6.07) is 6.99. The molecule has 0 spiro atoms. The standard InChI is InChI=1S/C12H7BrFNO3S/c13-9-5-4-8(19-9)11(16)15-7-3-1-2-6(14)10(7)12(17)18/h1-5H,(H,15,16)(H,17,18). The minimum atomic E-state index is -1.43. The van der Waals surface area contributed by atoms with Crippen LogP contribution in [-0.2, 0) is 0 Å². The molecule has 0 saturated carbocycles. The molecule has 0 fully saturated rings. The second-order valence-electron chi connectivity index (χ2n) is 3.53. The fourth-order valence-electron chi connectivity index (χ4n) is 1.47. The SMILES string of the molecule is O=C(Nc1cccc(F)c1C(=O)O)c1ccc(Br)s1. The Morgan fingerprint density at radius 2 is 2.00 bits per heavy atom. The van der Waals surface area contributed by atoms with Crippen molar-refractivity contribution in [2.24, 2.45) is 0 Å². The third-order valence-electron chi connectivity index (χ3n) is 2.27. The molecule has 19 heavy (non-hydrogen) atoms. The molecule has 1 aromatic heterocycles. The van der Waals surface area contributed by atoms with Crippen LogP contribution in [0.5, 0.6) is 0 Å². The molecular weight excluding hydrogens is 337 g/mol. The number of hydrogen-bond donors (Lipinski definition) is 2. The zero-order valence-electron chi connectivity index (χ0n) is 9.31. The van der Waals surface area contributed by atoms with Gasteiger partial charge in [-0.1, -0.05) is 6.07 Å². The van der Waals surface area contributed by atoms with Crippen molar-refractivity contribution in [1.29, 1.82) is 0 Å². The molecule has 0 aliphatic carbocycles. The van der Waals surface area contributed by atoms with Crippen molar-refractivity contribution in [2.45, 2.75) is 0 Å². The lowest BCUT2D eigenvalue weighted by atomic mass is 10.1. The predicted octanol–water partition coefficient (Wildman–Crippen LogP) is 3.60. The maximum atomic E-state index is 13.4. The van der Waals surface area contributed by atoms with Crippen LogP contribution in [0, 0.1) is 5.82 Å². The molecule has 7 heteroatoms. The number of anilines is 1. The first kappa shape index (κ1) is 13.7. The lowest BCUT2D eigenvalue weighted by molar-refractivity contribution is 0.0693. The van der Waals surface area contributed by atoms with E-state index in [-0.39, 0.29) is 5.69 Å². The van der Waals surface area contributed by atoms with Crippen LogP contribution in [0.2, 0.25) is 0 Å². The number of carboxylic acids is 1. The predicted molar refractivity (Wildman–Crippen MR) is 73.3 cm³/mol. The van der Waals surface area contributed by atoms with Gasteiger partial charge in [0.2, 0.25) is 0 Å². The van der Waals surface area contributed by atoms with E-state index in [1.807, 2.05) is 0 Å². The van der Waals surface area contributed by atoms with Gasteiger partial charge in [0.15, 0.2) is 0 Å². The summed E-state index contributed by atoms with van der Waals surface area (Å²) < 4.78 is 14.2. The lowest BCUT2D eigenvalue weighted by Gasteiger charge is -2.07. The molecule has 2 N–H and O–H groups in total. The maximum Gasteiger partial charge on any atom is 0.340 e. The largest absolute Gasteiger partial charge is 0.478 e. The molecule has 1 heterocycles. The van der Waals surface area contributed by atoms with E-state index in [1.54, 1.807) is 12.1 Å². The van der Waals surface area contributed by atoms with Crippen LogP contribution in [0.25, 0.3) is 0 Å². The minimum Gasteiger partial charge on any atom is -0.478 e. The van der Waals surface area contributed by atoms with Gasteiger partial charge in [-0.2, -0.15) is 0 Å². The van der Waals surface area contributed by atoms with Gasteiger partial charge in [-0.3, -0.25) is 4.79 Å². The zero-order valence-corrected chi connectivity index (χ0v) is 11.7. The molecule has 0 unspecified atom stereocenters. The molecule has 1 aromatic carbocycles. The van der Waals surface area contributed by atoms with Gasteiger partial charge in [-0.05, 0) is 40.2 Å². The normalized spacial score (nSPS) is 10.2. The molecule has 0 saturated heterocycles. The van der Waals surface area contributed by atoms with Crippen LogP contribution in [0.15, 0.2) is 34.1 Å². The number of carbonyl (C=O) groups is 2. The fourth-order valence-corrected chi connectivity index (χ4v) is 2.75. The molecule has 0 aliphatic rings. The van der Waals surface area contributed by atoms with Crippen LogP contribution in [0.1, 0.15) is 20.0 Å². The molecule has 0 radical (unpaired) electrons. The highest BCUT2D eigenvalue weighted by Gasteiger charge is 2.18. The first-order chi connectivity index (χ1) is 8.99. The first-order valence-electron chi connectivity index (χ1n) is 5.07. The summed E-state index contributed by atoms with van der Waals surface area (Å²) in [4.78, 5) is 23.2. The quantitative estimate of drug-likeness (QED) is 0.894. The van der Waals surface area contributed by atoms with E-state index in [0.29, 0.717) is 4.88 Å². The number of halogens is 2. The summed E-state index contributed by atoms with van der Waals surface area (Å²) in [5.74, 6) is -2.80. The molecule has 0 atom stereocenters. The fraction of sp³-hybridized carbons (Fsp3) is 0. The number of aromatic carboxylic acids is 1. The Hall–Kier alpha value is -1.73. The average molecular weight is 344 g/mol. The van der Waals surface area contributed by atoms with E-state index in [0.717, 1.165) is 9.85 Å². The van der Waals surface area contributed by atoms with Crippen molar-refractivity contribution in [3.8, 4) is 0 Å². The summed E-state index contributed by atoms with van der Waals surface area (Å²) in [6.07, 6.45) is 0. The first-order valence-corrected chi connectivity index (χ1v) is 6.68. The summed E-state index contributed by atoms with van der Waals surface area (Å²) in [7, 11) is 0.